The van der Waals surface area contributed by atoms with E-state index in [9.17, 15) is 4.79 Å². The molecule has 0 radical (unpaired) electrons. The van der Waals surface area contributed by atoms with Crippen LogP contribution in [0, 0.1) is 0 Å². The molecule has 1 aliphatic heterocycles. The van der Waals surface area contributed by atoms with E-state index in [1.165, 1.54) is 15.4 Å². The molecule has 2 aromatic rings. The van der Waals surface area contributed by atoms with Gasteiger partial charge >= 0.3 is 0 Å². The van der Waals surface area contributed by atoms with Crippen LogP contribution in [0.2, 0.25) is 0 Å². The van der Waals surface area contributed by atoms with Gasteiger partial charge in [0.25, 0.3) is 0 Å². The summed E-state index contributed by atoms with van der Waals surface area (Å²) in [5, 5.41) is 0. The number of hydrogen-bond acceptors (Lipinski definition) is 3. The highest BCUT2D eigenvalue weighted by Gasteiger charge is 2.31. The molecule has 2 aromatic carbocycles. The number of rotatable bonds is 0. The van der Waals surface area contributed by atoms with Gasteiger partial charge in [-0.05, 0) is 28.7 Å². The zero-order valence-electron chi connectivity index (χ0n) is 13.5. The molecule has 2 aliphatic rings. The summed E-state index contributed by atoms with van der Waals surface area (Å²) in [4.78, 5) is 15.2. The fourth-order valence-electron chi connectivity index (χ4n) is 2.98. The van der Waals surface area contributed by atoms with Crippen molar-refractivity contribution in [3.63, 3.8) is 0 Å². The van der Waals surface area contributed by atoms with Crippen LogP contribution in [0.4, 0.5) is 0 Å². The zero-order chi connectivity index (χ0) is 16.2. The minimum absolute atomic E-state index is 0.148. The van der Waals surface area contributed by atoms with Crippen molar-refractivity contribution in [3.05, 3.63) is 69.0 Å². The summed E-state index contributed by atoms with van der Waals surface area (Å²) in [6.45, 7) is 6.70. The Morgan fingerprint density at radius 3 is 2.43 bits per heavy atom. The maximum atomic E-state index is 12.7. The molecule has 0 unspecified atom stereocenters. The van der Waals surface area contributed by atoms with Crippen LogP contribution in [-0.2, 0) is 11.8 Å². The summed E-state index contributed by atoms with van der Waals surface area (Å²) < 4.78 is 1.16. The van der Waals surface area contributed by atoms with Gasteiger partial charge < -0.3 is 0 Å². The van der Waals surface area contributed by atoms with Gasteiger partial charge in [0.1, 0.15) is 0 Å². The van der Waals surface area contributed by atoms with Crippen LogP contribution in [0.25, 0.3) is 0 Å². The smallest absolute Gasteiger partial charge is 0.191 e. The molecular formula is C20H18OS2. The second-order valence-electron chi connectivity index (χ2n) is 7.04. The molecule has 0 bridgehead atoms. The normalized spacial score (nSPS) is 19.9. The van der Waals surface area contributed by atoms with Gasteiger partial charge in [0.15, 0.2) is 5.78 Å². The molecule has 0 aromatic heterocycles. The predicted octanol–water partition coefficient (Wildman–Crippen LogP) is 5.83. The predicted molar refractivity (Wildman–Crippen MR) is 98.4 cm³/mol. The summed E-state index contributed by atoms with van der Waals surface area (Å²) in [5.74, 6) is 0.208. The molecule has 0 atom stereocenters. The minimum atomic E-state index is 0.148. The van der Waals surface area contributed by atoms with Gasteiger partial charge in [-0.1, -0.05) is 74.6 Å². The highest BCUT2D eigenvalue weighted by Crippen LogP contribution is 2.54. The second kappa shape index (κ2) is 5.29. The van der Waals surface area contributed by atoms with Gasteiger partial charge in [-0.2, -0.15) is 0 Å². The van der Waals surface area contributed by atoms with Gasteiger partial charge in [0, 0.05) is 27.3 Å². The minimum Gasteiger partial charge on any atom is -0.289 e. The topological polar surface area (TPSA) is 17.1 Å². The van der Waals surface area contributed by atoms with Crippen molar-refractivity contribution in [3.8, 4) is 0 Å². The lowest BCUT2D eigenvalue weighted by Gasteiger charge is -2.19. The fraction of sp³-hybridized carbons (Fsp3) is 0.250. The van der Waals surface area contributed by atoms with Crippen LogP contribution >= 0.6 is 23.5 Å². The number of hydrogen-bond donors (Lipinski definition) is 0. The Morgan fingerprint density at radius 1 is 0.957 bits per heavy atom. The Labute approximate surface area is 145 Å². The number of thioether (sulfide) groups is 2. The van der Waals surface area contributed by atoms with E-state index >= 15 is 0 Å². The molecule has 1 nitrogen and oxygen atoms in total. The standard InChI is InChI=1S/C20H18OS2/c1-20(2,3)13-8-9-16-17(11-13)23-19(22-16)15-10-12-6-4-5-7-14(12)18(15)21/h4-9,11H,10H2,1-3H3/b19-15-. The number of fused-ring (bicyclic) bond motifs is 2. The molecular weight excluding hydrogens is 320 g/mol. The van der Waals surface area contributed by atoms with Crippen LogP contribution in [0.3, 0.4) is 0 Å². The lowest BCUT2D eigenvalue weighted by atomic mass is 9.87. The van der Waals surface area contributed by atoms with Gasteiger partial charge in [0.05, 0.1) is 4.24 Å². The van der Waals surface area contributed by atoms with Crippen molar-refractivity contribution in [1.82, 2.24) is 0 Å². The van der Waals surface area contributed by atoms with Crippen LogP contribution < -0.4 is 0 Å². The molecule has 3 heteroatoms. The third-order valence-electron chi connectivity index (χ3n) is 4.36. The molecule has 0 saturated heterocycles. The highest BCUT2D eigenvalue weighted by atomic mass is 32.2. The summed E-state index contributed by atoms with van der Waals surface area (Å²) >= 11 is 3.51. The third kappa shape index (κ3) is 2.56. The Balaban J connectivity index is 1.70. The molecule has 23 heavy (non-hydrogen) atoms. The number of ketones is 1. The monoisotopic (exact) mass is 338 g/mol. The van der Waals surface area contributed by atoms with Gasteiger partial charge in [-0.25, -0.2) is 0 Å². The van der Waals surface area contributed by atoms with Gasteiger partial charge in [-0.15, -0.1) is 0 Å². The first-order valence-electron chi connectivity index (χ1n) is 7.79. The van der Waals surface area contributed by atoms with Crippen molar-refractivity contribution >= 4 is 29.3 Å². The van der Waals surface area contributed by atoms with E-state index in [-0.39, 0.29) is 11.2 Å². The lowest BCUT2D eigenvalue weighted by molar-refractivity contribution is 0.103. The molecule has 4 rings (SSSR count). The molecule has 0 N–H and O–H groups in total. The molecule has 1 heterocycles. The maximum Gasteiger partial charge on any atom is 0.191 e. The Bertz CT molecular complexity index is 856. The highest BCUT2D eigenvalue weighted by molar-refractivity contribution is 8.24. The molecule has 0 saturated carbocycles. The van der Waals surface area contributed by atoms with Crippen LogP contribution in [0.5, 0.6) is 0 Å². The van der Waals surface area contributed by atoms with Gasteiger partial charge in [0.2, 0.25) is 0 Å². The number of carbonyl (C=O) groups is 1. The largest absolute Gasteiger partial charge is 0.289 e. The molecule has 116 valence electrons. The molecule has 0 amide bonds. The third-order valence-corrected chi connectivity index (χ3v) is 6.99. The quantitative estimate of drug-likeness (QED) is 0.562. The zero-order valence-corrected chi connectivity index (χ0v) is 15.1. The molecule has 1 aliphatic carbocycles. The second-order valence-corrected chi connectivity index (χ2v) is 9.41. The average Bonchev–Trinajstić information content (AvgIpc) is 3.07. The number of benzene rings is 2. The maximum absolute atomic E-state index is 12.7. The lowest BCUT2D eigenvalue weighted by Crippen LogP contribution is -2.10. The number of allylic oxidation sites excluding steroid dienone is 1. The Morgan fingerprint density at radius 2 is 1.70 bits per heavy atom. The van der Waals surface area contributed by atoms with Crippen molar-refractivity contribution in [1.29, 1.82) is 0 Å². The first-order valence-corrected chi connectivity index (χ1v) is 9.43. The van der Waals surface area contributed by atoms with Crippen LogP contribution in [0.15, 0.2) is 62.1 Å². The van der Waals surface area contributed by atoms with Gasteiger partial charge in [-0.3, -0.25) is 4.79 Å². The van der Waals surface area contributed by atoms with Crippen molar-refractivity contribution in [2.75, 3.05) is 0 Å². The van der Waals surface area contributed by atoms with E-state index in [0.29, 0.717) is 0 Å². The fourth-order valence-corrected chi connectivity index (χ4v) is 5.56. The summed E-state index contributed by atoms with van der Waals surface area (Å²) in [6, 6.07) is 14.7. The Kier molecular flexibility index (Phi) is 3.47. The van der Waals surface area contributed by atoms with Crippen LogP contribution in [0.1, 0.15) is 42.3 Å². The first-order chi connectivity index (χ1) is 10.9. The Hall–Kier alpha value is -1.45. The average molecular weight is 338 g/mol. The van der Waals surface area contributed by atoms with E-state index in [1.807, 2.05) is 18.2 Å². The van der Waals surface area contributed by atoms with E-state index in [2.05, 4.69) is 45.0 Å². The van der Waals surface area contributed by atoms with E-state index in [4.69, 9.17) is 0 Å². The van der Waals surface area contributed by atoms with E-state index < -0.39 is 0 Å². The van der Waals surface area contributed by atoms with Crippen LogP contribution in [-0.4, -0.2) is 5.78 Å². The van der Waals surface area contributed by atoms with Crippen molar-refractivity contribution < 1.29 is 4.79 Å². The van der Waals surface area contributed by atoms with E-state index in [1.54, 1.807) is 23.5 Å². The SMILES string of the molecule is CC(C)(C)c1ccc2c(c1)S/C(=C1/Cc3ccccc3C1=O)S2. The first kappa shape index (κ1) is 15.1. The number of Topliss-reactive ketones (excluding diaryl/α,β-unsaturated/α-hetero) is 1. The summed E-state index contributed by atoms with van der Waals surface area (Å²) in [5.41, 5.74) is 4.50. The summed E-state index contributed by atoms with van der Waals surface area (Å²) in [7, 11) is 0. The molecule has 0 spiro atoms. The van der Waals surface area contributed by atoms with Crippen molar-refractivity contribution in [2.45, 2.75) is 42.4 Å². The molecule has 0 fully saturated rings. The summed E-state index contributed by atoms with van der Waals surface area (Å²) in [6.07, 6.45) is 0.768. The van der Waals surface area contributed by atoms with Crippen molar-refractivity contribution in [2.24, 2.45) is 0 Å². The van der Waals surface area contributed by atoms with E-state index in [0.717, 1.165) is 27.4 Å². The number of carbonyl (C=O) groups excluding carboxylic acids is 1.